The first-order valence-electron chi connectivity index (χ1n) is 6.59. The quantitative estimate of drug-likeness (QED) is 0.710. The fourth-order valence-electron chi connectivity index (χ4n) is 2.03. The van der Waals surface area contributed by atoms with Crippen molar-refractivity contribution in [3.05, 3.63) is 0 Å². The van der Waals surface area contributed by atoms with Gasteiger partial charge in [-0.3, -0.25) is 4.79 Å². The molecule has 0 radical (unpaired) electrons. The summed E-state index contributed by atoms with van der Waals surface area (Å²) in [5, 5.41) is 0. The summed E-state index contributed by atoms with van der Waals surface area (Å²) in [6.07, 6.45) is -3.87. The molecule has 1 heterocycles. The molecule has 1 atom stereocenters. The number of ether oxygens (including phenoxy) is 2. The van der Waals surface area contributed by atoms with Crippen LogP contribution < -0.4 is 5.73 Å². The molecule has 1 rings (SSSR count). The topological polar surface area (TPSA) is 64.8 Å². The fourth-order valence-corrected chi connectivity index (χ4v) is 2.03. The van der Waals surface area contributed by atoms with E-state index in [1.165, 1.54) is 0 Å². The summed E-state index contributed by atoms with van der Waals surface area (Å²) < 4.78 is 47.8. The molecule has 0 aromatic rings. The van der Waals surface area contributed by atoms with Crippen molar-refractivity contribution in [2.45, 2.75) is 31.5 Å². The number of nitrogens with zero attached hydrogens (tertiary/aromatic N) is 1. The Labute approximate surface area is 116 Å². The Morgan fingerprint density at radius 2 is 2.20 bits per heavy atom. The van der Waals surface area contributed by atoms with Gasteiger partial charge in [-0.15, -0.1) is 0 Å². The van der Waals surface area contributed by atoms with Gasteiger partial charge in [-0.1, -0.05) is 0 Å². The van der Waals surface area contributed by atoms with Crippen molar-refractivity contribution < 1.29 is 27.4 Å². The predicted octanol–water partition coefficient (Wildman–Crippen LogP) is 0.922. The van der Waals surface area contributed by atoms with Crippen LogP contribution >= 0.6 is 0 Å². The molecule has 0 saturated carbocycles. The molecule has 1 amide bonds. The molecule has 0 aliphatic carbocycles. The Morgan fingerprint density at radius 3 is 2.70 bits per heavy atom. The van der Waals surface area contributed by atoms with E-state index < -0.39 is 24.2 Å². The predicted molar refractivity (Wildman–Crippen MR) is 66.1 cm³/mol. The largest absolute Gasteiger partial charge is 0.406 e. The maximum Gasteiger partial charge on any atom is 0.406 e. The second kappa shape index (κ2) is 7.24. The highest BCUT2D eigenvalue weighted by Gasteiger charge is 2.43. The van der Waals surface area contributed by atoms with Crippen molar-refractivity contribution in [3.8, 4) is 0 Å². The van der Waals surface area contributed by atoms with Crippen molar-refractivity contribution in [1.29, 1.82) is 0 Å². The second-order valence-corrected chi connectivity index (χ2v) is 4.85. The van der Waals surface area contributed by atoms with Crippen LogP contribution in [0.2, 0.25) is 0 Å². The van der Waals surface area contributed by atoms with Gasteiger partial charge >= 0.3 is 6.18 Å². The van der Waals surface area contributed by atoms with Gasteiger partial charge in [0.05, 0.1) is 6.61 Å². The molecule has 0 aromatic heterocycles. The molecule has 5 nitrogen and oxygen atoms in total. The molecule has 20 heavy (non-hydrogen) atoms. The Kier molecular flexibility index (Phi) is 6.22. The minimum atomic E-state index is -4.45. The summed E-state index contributed by atoms with van der Waals surface area (Å²) in [7, 11) is 0. The molecule has 1 aliphatic rings. The van der Waals surface area contributed by atoms with Crippen LogP contribution in [-0.4, -0.2) is 62.0 Å². The van der Waals surface area contributed by atoms with E-state index >= 15 is 0 Å². The van der Waals surface area contributed by atoms with E-state index in [1.807, 2.05) is 0 Å². The van der Waals surface area contributed by atoms with Crippen molar-refractivity contribution in [1.82, 2.24) is 4.90 Å². The zero-order chi connectivity index (χ0) is 15.2. The van der Waals surface area contributed by atoms with E-state index in [4.69, 9.17) is 15.2 Å². The molecule has 1 unspecified atom stereocenters. The van der Waals surface area contributed by atoms with Gasteiger partial charge in [0, 0.05) is 26.4 Å². The highest BCUT2D eigenvalue weighted by molar-refractivity contribution is 5.86. The average Bonchev–Trinajstić information content (AvgIpc) is 2.79. The molecular weight excluding hydrogens is 277 g/mol. The van der Waals surface area contributed by atoms with Gasteiger partial charge in [0.1, 0.15) is 12.1 Å². The number of rotatable bonds is 7. The lowest BCUT2D eigenvalue weighted by Crippen LogP contribution is -2.57. The minimum absolute atomic E-state index is 0.0305. The van der Waals surface area contributed by atoms with Gasteiger partial charge in [-0.05, 0) is 19.8 Å². The lowest BCUT2D eigenvalue weighted by atomic mass is 9.98. The van der Waals surface area contributed by atoms with Crippen molar-refractivity contribution in [3.63, 3.8) is 0 Å². The third kappa shape index (κ3) is 5.26. The van der Waals surface area contributed by atoms with Crippen molar-refractivity contribution >= 4 is 5.91 Å². The number of hydrogen-bond donors (Lipinski definition) is 1. The van der Waals surface area contributed by atoms with Crippen LogP contribution in [0, 0.1) is 0 Å². The van der Waals surface area contributed by atoms with Gasteiger partial charge in [-0.25, -0.2) is 0 Å². The number of halogens is 3. The van der Waals surface area contributed by atoms with E-state index in [0.717, 1.165) is 4.90 Å². The molecule has 0 bridgehead atoms. The first-order chi connectivity index (χ1) is 9.28. The van der Waals surface area contributed by atoms with Crippen molar-refractivity contribution in [2.75, 3.05) is 39.5 Å². The Hall–Kier alpha value is -0.860. The Balaban J connectivity index is 2.63. The van der Waals surface area contributed by atoms with E-state index in [9.17, 15) is 18.0 Å². The third-order valence-electron chi connectivity index (χ3n) is 3.06. The van der Waals surface area contributed by atoms with Crippen LogP contribution in [0.25, 0.3) is 0 Å². The maximum absolute atomic E-state index is 12.6. The number of amides is 1. The number of alkyl halides is 3. The van der Waals surface area contributed by atoms with Crippen LogP contribution in [0.3, 0.4) is 0 Å². The summed E-state index contributed by atoms with van der Waals surface area (Å²) >= 11 is 0. The Morgan fingerprint density at radius 1 is 1.50 bits per heavy atom. The van der Waals surface area contributed by atoms with Crippen LogP contribution in [0.5, 0.6) is 0 Å². The monoisotopic (exact) mass is 298 g/mol. The molecule has 1 aliphatic heterocycles. The number of carbonyl (C=O) groups excluding carboxylic acids is 1. The number of carbonyl (C=O) groups is 1. The summed E-state index contributed by atoms with van der Waals surface area (Å²) in [5.41, 5.74) is 4.50. The highest BCUT2D eigenvalue weighted by Crippen LogP contribution is 2.22. The van der Waals surface area contributed by atoms with Crippen LogP contribution in [0.4, 0.5) is 13.2 Å². The zero-order valence-electron chi connectivity index (χ0n) is 11.5. The van der Waals surface area contributed by atoms with Crippen molar-refractivity contribution in [2.24, 2.45) is 5.73 Å². The zero-order valence-corrected chi connectivity index (χ0v) is 11.5. The van der Waals surface area contributed by atoms with Gasteiger partial charge < -0.3 is 20.1 Å². The van der Waals surface area contributed by atoms with Gasteiger partial charge in [-0.2, -0.15) is 13.2 Å². The summed E-state index contributed by atoms with van der Waals surface area (Å²) in [4.78, 5) is 12.9. The first kappa shape index (κ1) is 17.2. The van der Waals surface area contributed by atoms with E-state index in [0.29, 0.717) is 26.2 Å². The molecule has 1 fully saturated rings. The Bertz CT molecular complexity index is 318. The molecule has 0 aromatic carbocycles. The summed E-state index contributed by atoms with van der Waals surface area (Å²) in [6.45, 7) is 1.53. The molecule has 2 N–H and O–H groups in total. The highest BCUT2D eigenvalue weighted by atomic mass is 19.4. The van der Waals surface area contributed by atoms with Gasteiger partial charge in [0.15, 0.2) is 0 Å². The SMILES string of the molecule is CCOCCCN(CC(F)(F)F)C(=O)C1(N)CCOC1. The molecule has 8 heteroatoms. The summed E-state index contributed by atoms with van der Waals surface area (Å²) in [5.74, 6) is -0.705. The average molecular weight is 298 g/mol. The maximum atomic E-state index is 12.6. The fraction of sp³-hybridized carbons (Fsp3) is 0.917. The molecule has 118 valence electrons. The lowest BCUT2D eigenvalue weighted by molar-refractivity contribution is -0.165. The summed E-state index contributed by atoms with van der Waals surface area (Å²) in [6, 6.07) is 0. The number of nitrogens with two attached hydrogens (primary N) is 1. The van der Waals surface area contributed by atoms with Gasteiger partial charge in [0.25, 0.3) is 0 Å². The van der Waals surface area contributed by atoms with E-state index in [1.54, 1.807) is 6.92 Å². The molecular formula is C12H21F3N2O3. The third-order valence-corrected chi connectivity index (χ3v) is 3.06. The molecule has 0 spiro atoms. The van der Waals surface area contributed by atoms with E-state index in [2.05, 4.69) is 0 Å². The van der Waals surface area contributed by atoms with Gasteiger partial charge in [0.2, 0.25) is 5.91 Å². The first-order valence-corrected chi connectivity index (χ1v) is 6.59. The standard InChI is InChI=1S/C12H21F3N2O3/c1-2-19-6-3-5-17(8-12(13,14)15)10(18)11(16)4-7-20-9-11/h2-9,16H2,1H3. The minimum Gasteiger partial charge on any atom is -0.382 e. The van der Waals surface area contributed by atoms with Crippen LogP contribution in [0.15, 0.2) is 0 Å². The lowest BCUT2D eigenvalue weighted by Gasteiger charge is -2.31. The van der Waals surface area contributed by atoms with Crippen LogP contribution in [0.1, 0.15) is 19.8 Å². The second-order valence-electron chi connectivity index (χ2n) is 4.85. The van der Waals surface area contributed by atoms with E-state index in [-0.39, 0.29) is 19.6 Å². The smallest absolute Gasteiger partial charge is 0.382 e. The number of hydrogen-bond acceptors (Lipinski definition) is 4. The normalized spacial score (nSPS) is 23.1. The molecule has 1 saturated heterocycles. The van der Waals surface area contributed by atoms with Crippen LogP contribution in [-0.2, 0) is 14.3 Å².